The van der Waals surface area contributed by atoms with E-state index in [1.807, 2.05) is 13.1 Å². The Morgan fingerprint density at radius 2 is 2.26 bits per heavy atom. The van der Waals surface area contributed by atoms with Crippen LogP contribution in [0.15, 0.2) is 22.7 Å². The molecule has 1 saturated heterocycles. The zero-order valence-electron chi connectivity index (χ0n) is 11.5. The Morgan fingerprint density at radius 1 is 1.53 bits per heavy atom. The fraction of sp³-hybridized carbons (Fsp3) is 0.500. The van der Waals surface area contributed by atoms with Gasteiger partial charge in [-0.3, -0.25) is 4.79 Å². The Balaban J connectivity index is 2.36. The van der Waals surface area contributed by atoms with Crippen LogP contribution in [0.4, 0.5) is 5.69 Å². The molecule has 4 nitrogen and oxygen atoms in total. The molecule has 104 valence electrons. The molecule has 2 atom stereocenters. The molecule has 2 N–H and O–H groups in total. The highest BCUT2D eigenvalue weighted by Gasteiger charge is 2.33. The second-order valence-corrected chi connectivity index (χ2v) is 5.86. The highest BCUT2D eigenvalue weighted by molar-refractivity contribution is 9.10. The first-order valence-electron chi connectivity index (χ1n) is 6.51. The van der Waals surface area contributed by atoms with E-state index in [4.69, 9.17) is 0 Å². The van der Waals surface area contributed by atoms with Gasteiger partial charge in [0, 0.05) is 29.3 Å². The normalized spacial score (nSPS) is 23.4. The fourth-order valence-electron chi connectivity index (χ4n) is 2.51. The average Bonchev–Trinajstić information content (AvgIpc) is 2.38. The number of benzene rings is 1. The van der Waals surface area contributed by atoms with Crippen molar-refractivity contribution in [3.8, 4) is 0 Å². The molecule has 1 aliphatic rings. The van der Waals surface area contributed by atoms with Gasteiger partial charge in [0.15, 0.2) is 0 Å². The summed E-state index contributed by atoms with van der Waals surface area (Å²) in [4.78, 5) is 14.3. The number of likely N-dealkylation sites (N-methyl/N-ethyl adjacent to an activating group) is 1. The molecule has 1 aromatic carbocycles. The monoisotopic (exact) mass is 325 g/mol. The van der Waals surface area contributed by atoms with Crippen LogP contribution in [-0.4, -0.2) is 38.1 Å². The van der Waals surface area contributed by atoms with E-state index in [-0.39, 0.29) is 18.0 Å². The second kappa shape index (κ2) is 5.92. The summed E-state index contributed by atoms with van der Waals surface area (Å²) in [5.74, 6) is 0.0908. The number of hydrogen-bond donors (Lipinski definition) is 2. The van der Waals surface area contributed by atoms with Gasteiger partial charge in [-0.15, -0.1) is 0 Å². The van der Waals surface area contributed by atoms with Gasteiger partial charge in [-0.25, -0.2) is 0 Å². The van der Waals surface area contributed by atoms with E-state index in [9.17, 15) is 4.79 Å². The highest BCUT2D eigenvalue weighted by Crippen LogP contribution is 2.27. The lowest BCUT2D eigenvalue weighted by molar-refractivity contribution is -0.123. The smallest absolute Gasteiger partial charge is 0.244 e. The van der Waals surface area contributed by atoms with Crippen LogP contribution in [0.25, 0.3) is 0 Å². The van der Waals surface area contributed by atoms with Gasteiger partial charge in [-0.05, 0) is 44.7 Å². The first-order chi connectivity index (χ1) is 9.04. The van der Waals surface area contributed by atoms with Crippen molar-refractivity contribution in [1.82, 2.24) is 10.6 Å². The first-order valence-corrected chi connectivity index (χ1v) is 7.30. The Labute approximate surface area is 122 Å². The molecule has 1 aromatic rings. The largest absolute Gasteiger partial charge is 0.354 e. The maximum atomic E-state index is 12.1. The van der Waals surface area contributed by atoms with E-state index in [2.05, 4.69) is 57.4 Å². The molecule has 0 bridgehead atoms. The molecule has 19 heavy (non-hydrogen) atoms. The number of carbonyl (C=O) groups excluding carboxylic acids is 1. The number of piperazine rings is 1. The van der Waals surface area contributed by atoms with Gasteiger partial charge in [-0.2, -0.15) is 0 Å². The van der Waals surface area contributed by atoms with Crippen LogP contribution in [-0.2, 0) is 4.79 Å². The number of carbonyl (C=O) groups is 1. The summed E-state index contributed by atoms with van der Waals surface area (Å²) in [6.45, 7) is 5.54. The fourth-order valence-corrected chi connectivity index (χ4v) is 2.75. The van der Waals surface area contributed by atoms with Crippen molar-refractivity contribution in [2.24, 2.45) is 0 Å². The van der Waals surface area contributed by atoms with E-state index in [1.54, 1.807) is 0 Å². The summed E-state index contributed by atoms with van der Waals surface area (Å²) in [6.07, 6.45) is 0. The van der Waals surface area contributed by atoms with Gasteiger partial charge in [0.1, 0.15) is 6.04 Å². The van der Waals surface area contributed by atoms with E-state index in [0.717, 1.165) is 10.2 Å². The molecule has 1 aliphatic heterocycles. The van der Waals surface area contributed by atoms with Gasteiger partial charge < -0.3 is 15.5 Å². The molecule has 1 amide bonds. The number of rotatable bonds is 3. The Kier molecular flexibility index (Phi) is 4.47. The summed E-state index contributed by atoms with van der Waals surface area (Å²) in [7, 11) is 1.87. The van der Waals surface area contributed by atoms with E-state index >= 15 is 0 Å². The van der Waals surface area contributed by atoms with Crippen molar-refractivity contribution in [2.75, 3.05) is 25.0 Å². The van der Waals surface area contributed by atoms with Crippen molar-refractivity contribution < 1.29 is 4.79 Å². The maximum absolute atomic E-state index is 12.1. The molecule has 1 heterocycles. The Bertz CT molecular complexity index is 478. The van der Waals surface area contributed by atoms with E-state index in [0.29, 0.717) is 13.1 Å². The van der Waals surface area contributed by atoms with Gasteiger partial charge in [0.2, 0.25) is 5.91 Å². The van der Waals surface area contributed by atoms with Crippen molar-refractivity contribution in [3.63, 3.8) is 0 Å². The van der Waals surface area contributed by atoms with Crippen molar-refractivity contribution in [1.29, 1.82) is 0 Å². The van der Waals surface area contributed by atoms with Gasteiger partial charge in [0.25, 0.3) is 0 Å². The van der Waals surface area contributed by atoms with Crippen molar-refractivity contribution >= 4 is 27.5 Å². The lowest BCUT2D eigenvalue weighted by Gasteiger charge is -2.41. The van der Waals surface area contributed by atoms with Crippen LogP contribution in [0.1, 0.15) is 12.5 Å². The minimum Gasteiger partial charge on any atom is -0.354 e. The topological polar surface area (TPSA) is 44.4 Å². The van der Waals surface area contributed by atoms with E-state index in [1.165, 1.54) is 5.56 Å². The number of aryl methyl sites for hydroxylation is 1. The number of hydrogen-bond acceptors (Lipinski definition) is 3. The second-order valence-electron chi connectivity index (χ2n) is 5.01. The number of anilines is 1. The summed E-state index contributed by atoms with van der Waals surface area (Å²) >= 11 is 3.52. The number of nitrogens with one attached hydrogen (secondary N) is 2. The minimum atomic E-state index is -0.158. The summed E-state index contributed by atoms with van der Waals surface area (Å²) in [5, 5.41) is 6.06. The molecule has 0 aliphatic carbocycles. The first kappa shape index (κ1) is 14.3. The van der Waals surface area contributed by atoms with Gasteiger partial charge >= 0.3 is 0 Å². The quantitative estimate of drug-likeness (QED) is 0.888. The molecule has 0 radical (unpaired) electrons. The molecule has 0 spiro atoms. The molecule has 2 unspecified atom stereocenters. The molecule has 0 saturated carbocycles. The lowest BCUT2D eigenvalue weighted by Crippen LogP contribution is -2.62. The van der Waals surface area contributed by atoms with Crippen LogP contribution >= 0.6 is 15.9 Å². The third kappa shape index (κ3) is 2.92. The van der Waals surface area contributed by atoms with Gasteiger partial charge in [0.05, 0.1) is 0 Å². The third-order valence-corrected chi connectivity index (χ3v) is 4.41. The summed E-state index contributed by atoms with van der Waals surface area (Å²) in [5.41, 5.74) is 2.28. The van der Waals surface area contributed by atoms with Crippen LogP contribution in [0.5, 0.6) is 0 Å². The zero-order valence-corrected chi connectivity index (χ0v) is 13.1. The van der Waals surface area contributed by atoms with Crippen LogP contribution < -0.4 is 15.5 Å². The minimum absolute atomic E-state index is 0.0908. The molecule has 0 aromatic heterocycles. The van der Waals surface area contributed by atoms with Crippen LogP contribution in [0, 0.1) is 6.92 Å². The molecule has 5 heteroatoms. The maximum Gasteiger partial charge on any atom is 0.244 e. The summed E-state index contributed by atoms with van der Waals surface area (Å²) < 4.78 is 1.09. The predicted octanol–water partition coefficient (Wildman–Crippen LogP) is 1.67. The van der Waals surface area contributed by atoms with Crippen LogP contribution in [0.3, 0.4) is 0 Å². The molecule has 1 fully saturated rings. The number of amides is 1. The SMILES string of the molecule is CNCC1C(=O)NCC(C)N1c1ccc(Br)c(C)c1. The predicted molar refractivity (Wildman–Crippen MR) is 81.5 cm³/mol. The highest BCUT2D eigenvalue weighted by atomic mass is 79.9. The third-order valence-electron chi connectivity index (χ3n) is 3.52. The molecular formula is C14H20BrN3O. The standard InChI is InChI=1S/C14H20BrN3O/c1-9-6-11(4-5-12(9)15)18-10(2)7-17-14(19)13(18)8-16-3/h4-6,10,13,16H,7-8H2,1-3H3,(H,17,19). The van der Waals surface area contributed by atoms with E-state index < -0.39 is 0 Å². The Morgan fingerprint density at radius 3 is 2.89 bits per heavy atom. The van der Waals surface area contributed by atoms with Crippen molar-refractivity contribution in [3.05, 3.63) is 28.2 Å². The molecule has 2 rings (SSSR count). The lowest BCUT2D eigenvalue weighted by atomic mass is 10.1. The summed E-state index contributed by atoms with van der Waals surface area (Å²) in [6, 6.07) is 6.36. The molecular weight excluding hydrogens is 306 g/mol. The number of halogens is 1. The average molecular weight is 326 g/mol. The Hall–Kier alpha value is -1.07. The van der Waals surface area contributed by atoms with Crippen LogP contribution in [0.2, 0.25) is 0 Å². The van der Waals surface area contributed by atoms with Crippen molar-refractivity contribution in [2.45, 2.75) is 25.9 Å². The zero-order chi connectivity index (χ0) is 14.0. The number of nitrogens with zero attached hydrogens (tertiary/aromatic N) is 1. The van der Waals surface area contributed by atoms with Gasteiger partial charge in [-0.1, -0.05) is 15.9 Å².